The molecule has 0 unspecified atom stereocenters. The summed E-state index contributed by atoms with van der Waals surface area (Å²) in [5, 5.41) is 15.7. The fourth-order valence-electron chi connectivity index (χ4n) is 5.12. The SMILES string of the molecule is CC[C@@H](CO)N1C(=O)[C@@H]2[C@H](C=C[C@@H](C)[C@H]2C(=O)NC)[C@H]1C(=O)Nc1c(C)cccc1C. The number of aliphatic hydroxyl groups is 1. The average molecular weight is 428 g/mol. The average Bonchev–Trinajstić information content (AvgIpc) is 3.04. The molecule has 1 aliphatic carbocycles. The molecule has 1 aromatic carbocycles. The van der Waals surface area contributed by atoms with E-state index in [0.29, 0.717) is 6.42 Å². The molecule has 1 aliphatic heterocycles. The highest BCUT2D eigenvalue weighted by Crippen LogP contribution is 2.45. The van der Waals surface area contributed by atoms with Gasteiger partial charge in [0.2, 0.25) is 17.7 Å². The van der Waals surface area contributed by atoms with Gasteiger partial charge in [0.25, 0.3) is 0 Å². The lowest BCUT2D eigenvalue weighted by Gasteiger charge is -2.33. The number of nitrogens with one attached hydrogen (secondary N) is 2. The number of hydrogen-bond acceptors (Lipinski definition) is 4. The Morgan fingerprint density at radius 2 is 1.81 bits per heavy atom. The molecule has 0 spiro atoms. The van der Waals surface area contributed by atoms with Gasteiger partial charge in [0.15, 0.2) is 0 Å². The molecule has 0 radical (unpaired) electrons. The van der Waals surface area contributed by atoms with E-state index in [2.05, 4.69) is 10.6 Å². The maximum Gasteiger partial charge on any atom is 0.247 e. The largest absolute Gasteiger partial charge is 0.394 e. The van der Waals surface area contributed by atoms with Crippen LogP contribution in [-0.2, 0) is 14.4 Å². The van der Waals surface area contributed by atoms with Gasteiger partial charge in [0.05, 0.1) is 24.5 Å². The van der Waals surface area contributed by atoms with Gasteiger partial charge in [0, 0.05) is 18.7 Å². The molecule has 2 aliphatic rings. The van der Waals surface area contributed by atoms with Crippen LogP contribution in [0.1, 0.15) is 31.4 Å². The summed E-state index contributed by atoms with van der Waals surface area (Å²) in [4.78, 5) is 41.4. The number of likely N-dealkylation sites (tertiary alicyclic amines) is 1. The third kappa shape index (κ3) is 3.99. The van der Waals surface area contributed by atoms with Gasteiger partial charge < -0.3 is 20.6 Å². The van der Waals surface area contributed by atoms with Gasteiger partial charge in [-0.05, 0) is 37.3 Å². The number of para-hydroxylation sites is 1. The lowest BCUT2D eigenvalue weighted by molar-refractivity contribution is -0.142. The maximum atomic E-state index is 13.6. The van der Waals surface area contributed by atoms with Gasteiger partial charge in [-0.15, -0.1) is 0 Å². The summed E-state index contributed by atoms with van der Waals surface area (Å²) in [5.74, 6) is -2.47. The molecular weight excluding hydrogens is 394 g/mol. The van der Waals surface area contributed by atoms with Crippen LogP contribution in [0.15, 0.2) is 30.4 Å². The molecule has 168 valence electrons. The van der Waals surface area contributed by atoms with Crippen molar-refractivity contribution in [2.75, 3.05) is 19.0 Å². The predicted octanol–water partition coefficient (Wildman–Crippen LogP) is 2.02. The maximum absolute atomic E-state index is 13.6. The van der Waals surface area contributed by atoms with Crippen LogP contribution < -0.4 is 10.6 Å². The lowest BCUT2D eigenvalue weighted by Crippen LogP contribution is -2.50. The van der Waals surface area contributed by atoms with Crippen molar-refractivity contribution in [3.8, 4) is 0 Å². The van der Waals surface area contributed by atoms with E-state index in [0.717, 1.165) is 16.8 Å². The van der Waals surface area contributed by atoms with Crippen LogP contribution in [-0.4, -0.2) is 53.5 Å². The molecule has 0 aromatic heterocycles. The summed E-state index contributed by atoms with van der Waals surface area (Å²) in [6.45, 7) is 7.41. The third-order valence-electron chi connectivity index (χ3n) is 6.83. The molecule has 7 heteroatoms. The number of carbonyl (C=O) groups excluding carboxylic acids is 3. The quantitative estimate of drug-likeness (QED) is 0.605. The van der Waals surface area contributed by atoms with Gasteiger partial charge in [-0.25, -0.2) is 0 Å². The van der Waals surface area contributed by atoms with Crippen LogP contribution in [0.4, 0.5) is 5.69 Å². The zero-order valence-electron chi connectivity index (χ0n) is 18.9. The Hall–Kier alpha value is -2.67. The lowest BCUT2D eigenvalue weighted by atomic mass is 9.70. The first kappa shape index (κ1) is 23.0. The van der Waals surface area contributed by atoms with E-state index in [1.54, 1.807) is 7.05 Å². The fourth-order valence-corrected chi connectivity index (χ4v) is 5.12. The van der Waals surface area contributed by atoms with E-state index in [9.17, 15) is 19.5 Å². The van der Waals surface area contributed by atoms with Crippen LogP contribution in [0, 0.1) is 37.5 Å². The molecule has 0 bridgehead atoms. The molecule has 1 saturated heterocycles. The minimum atomic E-state index is -0.787. The Balaban J connectivity index is 2.05. The number of fused-ring (bicyclic) bond motifs is 1. The van der Waals surface area contributed by atoms with Crippen LogP contribution in [0.2, 0.25) is 0 Å². The third-order valence-corrected chi connectivity index (χ3v) is 6.83. The predicted molar refractivity (Wildman–Crippen MR) is 119 cm³/mol. The van der Waals surface area contributed by atoms with Crippen LogP contribution in [0.3, 0.4) is 0 Å². The van der Waals surface area contributed by atoms with Gasteiger partial charge in [0.1, 0.15) is 6.04 Å². The minimum absolute atomic E-state index is 0.123. The summed E-state index contributed by atoms with van der Waals surface area (Å²) in [6, 6.07) is 4.51. The van der Waals surface area contributed by atoms with E-state index >= 15 is 0 Å². The first-order valence-electron chi connectivity index (χ1n) is 11.0. The topological polar surface area (TPSA) is 98.7 Å². The zero-order valence-corrected chi connectivity index (χ0v) is 18.9. The molecule has 3 N–H and O–H groups in total. The molecular formula is C24H33N3O4. The van der Waals surface area contributed by atoms with Crippen molar-refractivity contribution in [2.45, 2.75) is 46.2 Å². The van der Waals surface area contributed by atoms with Crippen molar-refractivity contribution in [1.82, 2.24) is 10.2 Å². The highest BCUT2D eigenvalue weighted by atomic mass is 16.3. The molecule has 3 rings (SSSR count). The molecule has 31 heavy (non-hydrogen) atoms. The highest BCUT2D eigenvalue weighted by Gasteiger charge is 2.57. The van der Waals surface area contributed by atoms with Crippen molar-refractivity contribution in [3.63, 3.8) is 0 Å². The smallest absolute Gasteiger partial charge is 0.247 e. The monoisotopic (exact) mass is 427 g/mol. The molecule has 7 nitrogen and oxygen atoms in total. The summed E-state index contributed by atoms with van der Waals surface area (Å²) in [7, 11) is 1.56. The van der Waals surface area contributed by atoms with Gasteiger partial charge in [-0.2, -0.15) is 0 Å². The molecule has 1 fully saturated rings. The number of nitrogens with zero attached hydrogens (tertiary/aromatic N) is 1. The van der Waals surface area contributed by atoms with Gasteiger partial charge in [-0.1, -0.05) is 44.2 Å². The van der Waals surface area contributed by atoms with Gasteiger partial charge in [-0.3, -0.25) is 14.4 Å². The number of benzene rings is 1. The number of aliphatic hydroxyl groups excluding tert-OH is 1. The summed E-state index contributed by atoms with van der Waals surface area (Å²) >= 11 is 0. The minimum Gasteiger partial charge on any atom is -0.394 e. The van der Waals surface area contributed by atoms with Crippen molar-refractivity contribution in [2.24, 2.45) is 23.7 Å². The van der Waals surface area contributed by atoms with Crippen molar-refractivity contribution < 1.29 is 19.5 Å². The molecule has 6 atom stereocenters. The van der Waals surface area contributed by atoms with Crippen molar-refractivity contribution in [1.29, 1.82) is 0 Å². The first-order chi connectivity index (χ1) is 14.8. The Bertz CT molecular complexity index is 873. The number of anilines is 1. The number of amides is 3. The number of allylic oxidation sites excluding steroid dienone is 1. The van der Waals surface area contributed by atoms with Gasteiger partial charge >= 0.3 is 0 Å². The Kier molecular flexibility index (Phi) is 6.84. The second-order valence-electron chi connectivity index (χ2n) is 8.68. The molecule has 3 amide bonds. The standard InChI is InChI=1S/C24H33N3O4/c1-6-16(12-28)27-21(23(30)26-20-14(3)8-7-9-15(20)4)17-11-10-13(2)18(22(29)25-5)19(17)24(27)31/h7-11,13,16-19,21,28H,6,12H2,1-5H3,(H,25,29)(H,26,30)/t13-,16+,17+,18-,19-,21+/m1/s1. The van der Waals surface area contributed by atoms with Crippen LogP contribution >= 0.6 is 0 Å². The molecule has 1 aromatic rings. The zero-order chi connectivity index (χ0) is 22.9. The van der Waals surface area contributed by atoms with E-state index in [-0.39, 0.29) is 30.2 Å². The fraction of sp³-hybridized carbons (Fsp3) is 0.542. The summed E-state index contributed by atoms with van der Waals surface area (Å²) in [6.07, 6.45) is 4.35. The van der Waals surface area contributed by atoms with Crippen LogP contribution in [0.5, 0.6) is 0 Å². The first-order valence-corrected chi connectivity index (χ1v) is 11.0. The van der Waals surface area contributed by atoms with Crippen molar-refractivity contribution in [3.05, 3.63) is 41.5 Å². The Morgan fingerprint density at radius 1 is 1.16 bits per heavy atom. The molecule has 0 saturated carbocycles. The van der Waals surface area contributed by atoms with E-state index in [1.165, 1.54) is 4.90 Å². The normalized spacial score (nSPS) is 28.3. The number of hydrogen-bond donors (Lipinski definition) is 3. The summed E-state index contributed by atoms with van der Waals surface area (Å²) in [5.41, 5.74) is 2.61. The van der Waals surface area contributed by atoms with E-state index < -0.39 is 29.8 Å². The Morgan fingerprint density at radius 3 is 2.35 bits per heavy atom. The van der Waals surface area contributed by atoms with Crippen molar-refractivity contribution >= 4 is 23.4 Å². The Labute approximate surface area is 183 Å². The van der Waals surface area contributed by atoms with E-state index in [1.807, 2.05) is 58.0 Å². The molecule has 1 heterocycles. The highest BCUT2D eigenvalue weighted by molar-refractivity contribution is 6.02. The number of rotatable bonds is 6. The second-order valence-corrected chi connectivity index (χ2v) is 8.68. The number of aryl methyl sites for hydroxylation is 2. The summed E-state index contributed by atoms with van der Waals surface area (Å²) < 4.78 is 0. The van der Waals surface area contributed by atoms with Crippen LogP contribution in [0.25, 0.3) is 0 Å². The second kappa shape index (κ2) is 9.22. The number of carbonyl (C=O) groups is 3. The van der Waals surface area contributed by atoms with E-state index in [4.69, 9.17) is 0 Å².